The van der Waals surface area contributed by atoms with E-state index < -0.39 is 6.43 Å². The van der Waals surface area contributed by atoms with Gasteiger partial charge in [0.25, 0.3) is 5.22 Å². The van der Waals surface area contributed by atoms with Crippen molar-refractivity contribution in [3.63, 3.8) is 0 Å². The lowest BCUT2D eigenvalue weighted by Crippen LogP contribution is -1.92. The first kappa shape index (κ1) is 14.6. The monoisotopic (exact) mass is 302 g/mol. The molecule has 2 rings (SSSR count). The summed E-state index contributed by atoms with van der Waals surface area (Å²) >= 11 is 0.811. The molecule has 20 heavy (non-hydrogen) atoms. The summed E-state index contributed by atoms with van der Waals surface area (Å²) in [7, 11) is 3.05. The molecule has 0 N–H and O–H groups in total. The molecule has 0 unspecified atom stereocenters. The predicted octanol–water partition coefficient (Wildman–Crippen LogP) is 3.11. The Bertz CT molecular complexity index is 555. The molecule has 1 aromatic heterocycles. The highest BCUT2D eigenvalue weighted by Gasteiger charge is 2.13. The first-order valence-corrected chi connectivity index (χ1v) is 6.59. The second kappa shape index (κ2) is 6.56. The summed E-state index contributed by atoms with van der Waals surface area (Å²) in [5, 5.41) is 7.63. The number of methoxy groups -OCH3 is 2. The molecule has 0 atom stereocenters. The van der Waals surface area contributed by atoms with Gasteiger partial charge in [0.2, 0.25) is 12.3 Å². The molecule has 1 heterocycles. The number of halogens is 2. The summed E-state index contributed by atoms with van der Waals surface area (Å²) in [6, 6.07) is 5.08. The van der Waals surface area contributed by atoms with Crippen LogP contribution >= 0.6 is 11.8 Å². The highest BCUT2D eigenvalue weighted by molar-refractivity contribution is 7.99. The Hall–Kier alpha value is -1.83. The van der Waals surface area contributed by atoms with Crippen LogP contribution in [0.5, 0.6) is 11.5 Å². The van der Waals surface area contributed by atoms with Gasteiger partial charge in [0.1, 0.15) is 11.5 Å². The van der Waals surface area contributed by atoms with Crippen LogP contribution in [-0.4, -0.2) is 36.6 Å². The van der Waals surface area contributed by atoms with Gasteiger partial charge < -0.3 is 13.9 Å². The zero-order valence-corrected chi connectivity index (χ0v) is 11.6. The standard InChI is InChI=1S/C12H12F2N2O3S/c1-17-8-3-7(4-9(5-8)18-2)11-15-16-12(19-11)20-6-10(13)14/h3-5,10H,6H2,1-2H3. The molecule has 0 radical (unpaired) electrons. The van der Waals surface area contributed by atoms with Crippen LogP contribution in [0.3, 0.4) is 0 Å². The molecule has 2 aromatic rings. The number of hydrogen-bond acceptors (Lipinski definition) is 6. The smallest absolute Gasteiger partial charge is 0.277 e. The zero-order chi connectivity index (χ0) is 14.5. The quantitative estimate of drug-likeness (QED) is 0.764. The topological polar surface area (TPSA) is 57.4 Å². The van der Waals surface area contributed by atoms with Crippen LogP contribution in [-0.2, 0) is 0 Å². The molecule has 0 spiro atoms. The van der Waals surface area contributed by atoms with Crippen LogP contribution in [0.2, 0.25) is 0 Å². The van der Waals surface area contributed by atoms with Crippen molar-refractivity contribution in [3.8, 4) is 23.0 Å². The third kappa shape index (κ3) is 3.60. The molecule has 8 heteroatoms. The van der Waals surface area contributed by atoms with Gasteiger partial charge >= 0.3 is 0 Å². The molecule has 108 valence electrons. The van der Waals surface area contributed by atoms with Crippen molar-refractivity contribution in [2.24, 2.45) is 0 Å². The Kier molecular flexibility index (Phi) is 4.78. The molecular weight excluding hydrogens is 290 g/mol. The van der Waals surface area contributed by atoms with Gasteiger partial charge in [-0.05, 0) is 12.1 Å². The summed E-state index contributed by atoms with van der Waals surface area (Å²) in [4.78, 5) is 0. The average molecular weight is 302 g/mol. The Morgan fingerprint density at radius 1 is 1.15 bits per heavy atom. The Morgan fingerprint density at radius 2 is 1.80 bits per heavy atom. The maximum absolute atomic E-state index is 12.1. The van der Waals surface area contributed by atoms with Crippen molar-refractivity contribution >= 4 is 11.8 Å². The zero-order valence-electron chi connectivity index (χ0n) is 10.8. The molecule has 0 aliphatic carbocycles. The number of alkyl halides is 2. The molecular formula is C12H12F2N2O3S. The minimum absolute atomic E-state index is 0.0992. The van der Waals surface area contributed by atoms with E-state index in [-0.39, 0.29) is 16.9 Å². The summed E-state index contributed by atoms with van der Waals surface area (Å²) in [5.41, 5.74) is 0.595. The maximum Gasteiger partial charge on any atom is 0.277 e. The largest absolute Gasteiger partial charge is 0.497 e. The third-order valence-electron chi connectivity index (χ3n) is 2.34. The summed E-state index contributed by atoms with van der Waals surface area (Å²) in [5.74, 6) is 0.973. The van der Waals surface area contributed by atoms with Gasteiger partial charge in [-0.1, -0.05) is 11.8 Å². The Morgan fingerprint density at radius 3 is 2.35 bits per heavy atom. The van der Waals surface area contributed by atoms with Crippen LogP contribution < -0.4 is 9.47 Å². The van der Waals surface area contributed by atoms with Gasteiger partial charge in [0, 0.05) is 11.6 Å². The Labute approximate surface area is 118 Å². The van der Waals surface area contributed by atoms with E-state index in [1.807, 2.05) is 0 Å². The molecule has 0 saturated carbocycles. The fourth-order valence-corrected chi connectivity index (χ4v) is 1.95. The molecule has 0 saturated heterocycles. The van der Waals surface area contributed by atoms with Gasteiger partial charge in [0.05, 0.1) is 20.0 Å². The Balaban J connectivity index is 2.22. The highest BCUT2D eigenvalue weighted by atomic mass is 32.2. The third-order valence-corrected chi connectivity index (χ3v) is 3.17. The maximum atomic E-state index is 12.1. The minimum atomic E-state index is -2.42. The van der Waals surface area contributed by atoms with Crippen LogP contribution in [0, 0.1) is 0 Å². The van der Waals surface area contributed by atoms with Gasteiger partial charge in [-0.3, -0.25) is 0 Å². The van der Waals surface area contributed by atoms with Crippen molar-refractivity contribution in [1.82, 2.24) is 10.2 Å². The van der Waals surface area contributed by atoms with Crippen LogP contribution in [0.15, 0.2) is 27.8 Å². The van der Waals surface area contributed by atoms with E-state index in [9.17, 15) is 8.78 Å². The molecule has 0 fully saturated rings. The van der Waals surface area contributed by atoms with Crippen LogP contribution in [0.25, 0.3) is 11.5 Å². The van der Waals surface area contributed by atoms with Gasteiger partial charge in [0.15, 0.2) is 0 Å². The number of nitrogens with zero attached hydrogens (tertiary/aromatic N) is 2. The molecule has 0 aliphatic rings. The van der Waals surface area contributed by atoms with Crippen LogP contribution in [0.1, 0.15) is 0 Å². The van der Waals surface area contributed by atoms with Gasteiger partial charge in [-0.2, -0.15) is 0 Å². The minimum Gasteiger partial charge on any atom is -0.497 e. The predicted molar refractivity (Wildman–Crippen MR) is 69.6 cm³/mol. The van der Waals surface area contributed by atoms with Gasteiger partial charge in [-0.15, -0.1) is 10.2 Å². The van der Waals surface area contributed by atoms with E-state index in [1.54, 1.807) is 18.2 Å². The first-order chi connectivity index (χ1) is 9.62. The van der Waals surface area contributed by atoms with Crippen LogP contribution in [0.4, 0.5) is 8.78 Å². The molecule has 1 aromatic carbocycles. The lowest BCUT2D eigenvalue weighted by atomic mass is 10.2. The van der Waals surface area contributed by atoms with Gasteiger partial charge in [-0.25, -0.2) is 8.78 Å². The van der Waals surface area contributed by atoms with Crippen molar-refractivity contribution in [3.05, 3.63) is 18.2 Å². The normalized spacial score (nSPS) is 10.8. The SMILES string of the molecule is COc1cc(OC)cc(-c2nnc(SCC(F)F)o2)c1. The van der Waals surface area contributed by atoms with E-state index in [0.29, 0.717) is 17.1 Å². The number of ether oxygens (including phenoxy) is 2. The van der Waals surface area contributed by atoms with E-state index in [4.69, 9.17) is 13.9 Å². The van der Waals surface area contributed by atoms with E-state index in [1.165, 1.54) is 14.2 Å². The first-order valence-electron chi connectivity index (χ1n) is 5.60. The van der Waals surface area contributed by atoms with Crippen molar-refractivity contribution in [2.75, 3.05) is 20.0 Å². The van der Waals surface area contributed by atoms with Crippen molar-refractivity contribution in [1.29, 1.82) is 0 Å². The summed E-state index contributed by atoms with van der Waals surface area (Å²) in [6.45, 7) is 0. The number of aromatic nitrogens is 2. The van der Waals surface area contributed by atoms with E-state index in [2.05, 4.69) is 10.2 Å². The van der Waals surface area contributed by atoms with E-state index >= 15 is 0 Å². The second-order valence-electron chi connectivity index (χ2n) is 3.68. The number of hydrogen-bond donors (Lipinski definition) is 0. The number of benzene rings is 1. The number of thioether (sulfide) groups is 1. The lowest BCUT2D eigenvalue weighted by molar-refractivity contribution is 0.176. The van der Waals surface area contributed by atoms with Crippen molar-refractivity contribution < 1.29 is 22.7 Å². The second-order valence-corrected chi connectivity index (χ2v) is 4.65. The van der Waals surface area contributed by atoms with Crippen molar-refractivity contribution in [2.45, 2.75) is 11.6 Å². The average Bonchev–Trinajstić information content (AvgIpc) is 2.93. The molecule has 0 bridgehead atoms. The molecule has 5 nitrogen and oxygen atoms in total. The fourth-order valence-electron chi connectivity index (χ4n) is 1.45. The highest BCUT2D eigenvalue weighted by Crippen LogP contribution is 2.30. The molecule has 0 amide bonds. The van der Waals surface area contributed by atoms with E-state index in [0.717, 1.165) is 11.8 Å². The molecule has 0 aliphatic heterocycles. The summed E-state index contributed by atoms with van der Waals surface area (Å²) in [6.07, 6.45) is -2.42. The lowest BCUT2D eigenvalue weighted by Gasteiger charge is -2.05. The fraction of sp³-hybridized carbons (Fsp3) is 0.333. The summed E-state index contributed by atoms with van der Waals surface area (Å²) < 4.78 is 39.8. The number of rotatable bonds is 6.